The molecule has 1 amide bonds. The smallest absolute Gasteiger partial charge is 0.341 e. The number of anilines is 1. The van der Waals surface area contributed by atoms with E-state index < -0.39 is 27.9 Å². The Morgan fingerprint density at radius 3 is 2.65 bits per heavy atom. The number of amides is 1. The third-order valence-electron chi connectivity index (χ3n) is 3.82. The fourth-order valence-electron chi connectivity index (χ4n) is 2.86. The van der Waals surface area contributed by atoms with Gasteiger partial charge in [-0.25, -0.2) is 4.79 Å². The van der Waals surface area contributed by atoms with E-state index in [1.807, 2.05) is 13.8 Å². The van der Waals surface area contributed by atoms with Crippen molar-refractivity contribution in [2.24, 2.45) is 5.92 Å². The summed E-state index contributed by atoms with van der Waals surface area (Å²) < 4.78 is 39.3. The number of methoxy groups -OCH3 is 1. The number of halogens is 1. The molecule has 0 aliphatic carbocycles. The normalized spacial score (nSPS) is 18.5. The second-order valence-electron chi connectivity index (χ2n) is 5.44. The third kappa shape index (κ3) is 3.72. The Kier molecular flexibility index (Phi) is 5.10. The molecule has 128 valence electrons. The molecule has 0 aromatic carbocycles. The predicted molar refractivity (Wildman–Crippen MR) is 85.1 cm³/mol. The topological polar surface area (TPSA) is 80.8 Å². The minimum Gasteiger partial charge on any atom is -0.465 e. The molecule has 0 saturated carbocycles. The maximum Gasteiger partial charge on any atom is 0.341 e. The Bertz CT molecular complexity index is 741. The summed E-state index contributed by atoms with van der Waals surface area (Å²) in [5, 5.41) is 0.454. The number of hydrogen-bond acceptors (Lipinski definition) is 6. The highest BCUT2D eigenvalue weighted by atomic mass is 32.3. The highest BCUT2D eigenvalue weighted by Crippen LogP contribution is 2.39. The van der Waals surface area contributed by atoms with Gasteiger partial charge >= 0.3 is 16.2 Å². The van der Waals surface area contributed by atoms with Crippen LogP contribution in [0.3, 0.4) is 0 Å². The molecule has 0 radical (unpaired) electrons. The molecule has 1 fully saturated rings. The molecule has 9 heteroatoms. The van der Waals surface area contributed by atoms with E-state index >= 15 is 0 Å². The second kappa shape index (κ2) is 6.56. The van der Waals surface area contributed by atoms with Gasteiger partial charge in [0.05, 0.1) is 18.4 Å². The number of esters is 1. The molecule has 0 bridgehead atoms. The molecule has 1 atom stereocenters. The predicted octanol–water partition coefficient (Wildman–Crippen LogP) is 2.06. The number of carbonyl (C=O) groups is 2. The molecule has 1 aromatic heterocycles. The van der Waals surface area contributed by atoms with Gasteiger partial charge in [-0.05, 0) is 18.9 Å². The maximum absolute atomic E-state index is 12.9. The highest BCUT2D eigenvalue weighted by Gasteiger charge is 2.37. The first-order valence-electron chi connectivity index (χ1n) is 7.11. The van der Waals surface area contributed by atoms with Crippen LogP contribution in [0.5, 0.6) is 0 Å². The summed E-state index contributed by atoms with van der Waals surface area (Å²) in [7, 11) is -3.38. The number of nitrogens with zero attached hydrogens (tertiary/aromatic N) is 1. The van der Waals surface area contributed by atoms with Gasteiger partial charge in [0, 0.05) is 23.8 Å². The van der Waals surface area contributed by atoms with E-state index in [2.05, 4.69) is 0 Å². The quantitative estimate of drug-likeness (QED) is 0.591. The van der Waals surface area contributed by atoms with Gasteiger partial charge in [-0.15, -0.1) is 15.2 Å². The molecule has 1 aromatic rings. The molecular weight excluding hydrogens is 345 g/mol. The van der Waals surface area contributed by atoms with Crippen LogP contribution in [0.25, 0.3) is 0 Å². The molecule has 0 N–H and O–H groups in total. The van der Waals surface area contributed by atoms with E-state index in [9.17, 15) is 21.9 Å². The SMILES string of the molecule is CCc1c(C)sc(N2CC(CS(=O)(=O)F)CC2=O)c1C(=O)OC. The van der Waals surface area contributed by atoms with Crippen molar-refractivity contribution >= 4 is 38.4 Å². The Labute approximate surface area is 138 Å². The number of ether oxygens (including phenoxy) is 1. The monoisotopic (exact) mass is 363 g/mol. The number of aryl methyl sites for hydroxylation is 1. The van der Waals surface area contributed by atoms with E-state index in [0.717, 1.165) is 10.4 Å². The van der Waals surface area contributed by atoms with Gasteiger partial charge in [0.15, 0.2) is 0 Å². The summed E-state index contributed by atoms with van der Waals surface area (Å²) in [6.07, 6.45) is 0.555. The molecule has 1 aliphatic rings. The fourth-order valence-corrected chi connectivity index (χ4v) is 4.90. The zero-order valence-electron chi connectivity index (χ0n) is 13.1. The molecule has 0 spiro atoms. The van der Waals surface area contributed by atoms with Crippen molar-refractivity contribution in [1.29, 1.82) is 0 Å². The van der Waals surface area contributed by atoms with Gasteiger partial charge in [-0.3, -0.25) is 4.79 Å². The fraction of sp³-hybridized carbons (Fsp3) is 0.571. The minimum absolute atomic E-state index is 0.0534. The van der Waals surface area contributed by atoms with Crippen LogP contribution in [-0.4, -0.2) is 39.7 Å². The maximum atomic E-state index is 12.9. The summed E-state index contributed by atoms with van der Waals surface area (Å²) in [6, 6.07) is 0. The molecule has 1 saturated heterocycles. The summed E-state index contributed by atoms with van der Waals surface area (Å²) >= 11 is 1.29. The van der Waals surface area contributed by atoms with Crippen molar-refractivity contribution in [2.45, 2.75) is 26.7 Å². The van der Waals surface area contributed by atoms with Crippen molar-refractivity contribution in [2.75, 3.05) is 24.3 Å². The zero-order valence-corrected chi connectivity index (χ0v) is 14.7. The Morgan fingerprint density at radius 1 is 1.48 bits per heavy atom. The first-order valence-corrected chi connectivity index (χ1v) is 9.48. The van der Waals surface area contributed by atoms with Gasteiger partial charge in [0.25, 0.3) is 0 Å². The van der Waals surface area contributed by atoms with Crippen LogP contribution < -0.4 is 4.90 Å². The molecule has 6 nitrogen and oxygen atoms in total. The van der Waals surface area contributed by atoms with Gasteiger partial charge in [-0.2, -0.15) is 8.42 Å². The standard InChI is InChI=1S/C14H18FNO5S2/c1-4-10-8(2)22-13(12(10)14(18)21-3)16-6-9(5-11(16)17)7-23(15,19)20/h9H,4-7H2,1-3H3. The molecule has 2 rings (SSSR count). The number of carbonyl (C=O) groups excluding carboxylic acids is 2. The first-order chi connectivity index (χ1) is 10.7. The Hall–Kier alpha value is -1.48. The summed E-state index contributed by atoms with van der Waals surface area (Å²) in [6.45, 7) is 3.83. The van der Waals surface area contributed by atoms with E-state index in [1.165, 1.54) is 23.3 Å². The van der Waals surface area contributed by atoms with Gasteiger partial charge in [-0.1, -0.05) is 6.92 Å². The van der Waals surface area contributed by atoms with E-state index in [0.29, 0.717) is 17.0 Å². The molecule has 23 heavy (non-hydrogen) atoms. The number of hydrogen-bond donors (Lipinski definition) is 0. The van der Waals surface area contributed by atoms with Crippen LogP contribution >= 0.6 is 11.3 Å². The van der Waals surface area contributed by atoms with Crippen molar-refractivity contribution in [3.05, 3.63) is 16.0 Å². The summed E-state index contributed by atoms with van der Waals surface area (Å²) in [4.78, 5) is 26.6. The average molecular weight is 363 g/mol. The van der Waals surface area contributed by atoms with Gasteiger partial charge in [0.1, 0.15) is 5.00 Å². The van der Waals surface area contributed by atoms with Crippen LogP contribution in [0.2, 0.25) is 0 Å². The van der Waals surface area contributed by atoms with Crippen molar-refractivity contribution in [3.8, 4) is 0 Å². The van der Waals surface area contributed by atoms with E-state index in [4.69, 9.17) is 4.74 Å². The minimum atomic E-state index is -4.64. The third-order valence-corrected chi connectivity index (χ3v) is 5.86. The second-order valence-corrected chi connectivity index (χ2v) is 8.06. The molecule has 2 heterocycles. The lowest BCUT2D eigenvalue weighted by Gasteiger charge is -2.16. The summed E-state index contributed by atoms with van der Waals surface area (Å²) in [5.74, 6) is -2.15. The molecule has 1 aliphatic heterocycles. The van der Waals surface area contributed by atoms with Crippen molar-refractivity contribution in [3.63, 3.8) is 0 Å². The lowest BCUT2D eigenvalue weighted by molar-refractivity contribution is -0.117. The highest BCUT2D eigenvalue weighted by molar-refractivity contribution is 7.86. The number of rotatable bonds is 5. The number of thiophene rings is 1. The lowest BCUT2D eigenvalue weighted by Crippen LogP contribution is -2.26. The zero-order chi connectivity index (χ0) is 17.4. The molecular formula is C14H18FNO5S2. The van der Waals surface area contributed by atoms with Crippen LogP contribution in [0, 0.1) is 12.8 Å². The largest absolute Gasteiger partial charge is 0.465 e. The van der Waals surface area contributed by atoms with Crippen LogP contribution in [-0.2, 0) is 26.2 Å². The van der Waals surface area contributed by atoms with E-state index in [-0.39, 0.29) is 18.9 Å². The van der Waals surface area contributed by atoms with E-state index in [1.54, 1.807) is 0 Å². The van der Waals surface area contributed by atoms with Crippen molar-refractivity contribution in [1.82, 2.24) is 0 Å². The van der Waals surface area contributed by atoms with Crippen LogP contribution in [0.1, 0.15) is 34.1 Å². The molecule has 1 unspecified atom stereocenters. The summed E-state index contributed by atoms with van der Waals surface area (Å²) in [5.41, 5.74) is 1.15. The Morgan fingerprint density at radius 2 is 2.13 bits per heavy atom. The van der Waals surface area contributed by atoms with Crippen molar-refractivity contribution < 1.29 is 26.6 Å². The Balaban J connectivity index is 2.39. The van der Waals surface area contributed by atoms with Gasteiger partial charge in [0.2, 0.25) is 5.91 Å². The lowest BCUT2D eigenvalue weighted by atomic mass is 10.1. The first kappa shape index (κ1) is 17.9. The average Bonchev–Trinajstić information content (AvgIpc) is 2.95. The van der Waals surface area contributed by atoms with Crippen LogP contribution in [0.15, 0.2) is 0 Å². The van der Waals surface area contributed by atoms with Gasteiger partial charge < -0.3 is 9.64 Å². The van der Waals surface area contributed by atoms with Crippen LogP contribution in [0.4, 0.5) is 8.89 Å².